The summed E-state index contributed by atoms with van der Waals surface area (Å²) in [4.78, 5) is 16.7. The van der Waals surface area contributed by atoms with Crippen molar-refractivity contribution in [2.45, 2.75) is 0 Å². The van der Waals surface area contributed by atoms with Crippen molar-refractivity contribution in [1.29, 1.82) is 0 Å². The van der Waals surface area contributed by atoms with Crippen LogP contribution in [0.2, 0.25) is 0 Å². The quantitative estimate of drug-likeness (QED) is 0.653. The molecule has 0 aliphatic rings. The number of nitrogen functional groups attached to an aromatic ring is 1. The summed E-state index contributed by atoms with van der Waals surface area (Å²) >= 11 is 0. The first kappa shape index (κ1) is 8.52. The third-order valence-electron chi connectivity index (χ3n) is 1.45. The van der Waals surface area contributed by atoms with Crippen LogP contribution >= 0.6 is 0 Å². The number of hydrogen-bond donors (Lipinski definition) is 1. The third-order valence-corrected chi connectivity index (χ3v) is 1.45. The highest BCUT2D eigenvalue weighted by Crippen LogP contribution is 2.07. The van der Waals surface area contributed by atoms with E-state index in [4.69, 9.17) is 5.73 Å². The summed E-state index contributed by atoms with van der Waals surface area (Å²) in [5, 5.41) is 0. The summed E-state index contributed by atoms with van der Waals surface area (Å²) in [5.74, 6) is -0.173. The molecule has 0 unspecified atom stereocenters. The Morgan fingerprint density at radius 3 is 2.75 bits per heavy atom. The topological polar surface area (TPSA) is 59.2 Å². The molecule has 1 aromatic rings. The molecule has 4 nitrogen and oxygen atoms in total. The summed E-state index contributed by atoms with van der Waals surface area (Å²) in [6.45, 7) is 0. The first-order chi connectivity index (χ1) is 5.63. The number of anilines is 1. The van der Waals surface area contributed by atoms with Crippen molar-refractivity contribution >= 4 is 11.6 Å². The van der Waals surface area contributed by atoms with Gasteiger partial charge in [-0.3, -0.25) is 4.79 Å². The van der Waals surface area contributed by atoms with Crippen LogP contribution in [0, 0.1) is 0 Å². The third kappa shape index (κ3) is 1.53. The number of carbonyl (C=O) groups excluding carboxylic acids is 1. The summed E-state index contributed by atoms with van der Waals surface area (Å²) in [6.07, 6.45) is 1.55. The molecule has 0 radical (unpaired) electrons. The van der Waals surface area contributed by atoms with Gasteiger partial charge in [0.15, 0.2) is 5.69 Å². The summed E-state index contributed by atoms with van der Waals surface area (Å²) in [7, 11) is 3.33. The van der Waals surface area contributed by atoms with Gasteiger partial charge in [-0.15, -0.1) is 0 Å². The van der Waals surface area contributed by atoms with Crippen molar-refractivity contribution < 1.29 is 4.79 Å². The molecule has 2 N–H and O–H groups in total. The molecular formula is C8H11N3O. The van der Waals surface area contributed by atoms with Gasteiger partial charge in [0.1, 0.15) is 0 Å². The van der Waals surface area contributed by atoms with Crippen molar-refractivity contribution in [3.05, 3.63) is 24.0 Å². The number of aromatic nitrogens is 1. The average molecular weight is 165 g/mol. The average Bonchev–Trinajstić information content (AvgIpc) is 2.04. The maximum atomic E-state index is 11.3. The van der Waals surface area contributed by atoms with Crippen LogP contribution in [-0.4, -0.2) is 29.9 Å². The van der Waals surface area contributed by atoms with E-state index in [1.54, 1.807) is 32.4 Å². The minimum atomic E-state index is -0.173. The standard InChI is InChI=1S/C8H11N3O/c1-11(2)8(12)7-6(9)4-3-5-10-7/h3-5H,9H2,1-2H3. The van der Waals surface area contributed by atoms with Gasteiger partial charge in [0, 0.05) is 20.3 Å². The molecule has 1 amide bonds. The van der Waals surface area contributed by atoms with Gasteiger partial charge >= 0.3 is 0 Å². The Morgan fingerprint density at radius 1 is 1.58 bits per heavy atom. The van der Waals surface area contributed by atoms with E-state index in [1.807, 2.05) is 0 Å². The monoisotopic (exact) mass is 165 g/mol. The van der Waals surface area contributed by atoms with Crippen LogP contribution in [0.15, 0.2) is 18.3 Å². The minimum Gasteiger partial charge on any atom is -0.397 e. The molecule has 64 valence electrons. The Morgan fingerprint density at radius 2 is 2.25 bits per heavy atom. The highest BCUT2D eigenvalue weighted by Gasteiger charge is 2.11. The summed E-state index contributed by atoms with van der Waals surface area (Å²) < 4.78 is 0. The molecule has 1 heterocycles. The Balaban J connectivity index is 3.03. The Bertz CT molecular complexity index is 296. The molecule has 0 saturated heterocycles. The van der Waals surface area contributed by atoms with Crippen LogP contribution in [0.3, 0.4) is 0 Å². The summed E-state index contributed by atoms with van der Waals surface area (Å²) in [6, 6.07) is 3.35. The van der Waals surface area contributed by atoms with E-state index < -0.39 is 0 Å². The van der Waals surface area contributed by atoms with E-state index in [2.05, 4.69) is 4.98 Å². The normalized spacial score (nSPS) is 9.50. The molecule has 0 aliphatic heterocycles. The molecule has 1 aromatic heterocycles. The van der Waals surface area contributed by atoms with Gasteiger partial charge in [-0.2, -0.15) is 0 Å². The Kier molecular flexibility index (Phi) is 2.28. The first-order valence-corrected chi connectivity index (χ1v) is 3.55. The molecule has 0 saturated carbocycles. The highest BCUT2D eigenvalue weighted by atomic mass is 16.2. The number of amides is 1. The molecule has 0 aliphatic carbocycles. The SMILES string of the molecule is CN(C)C(=O)c1ncccc1N. The minimum absolute atomic E-state index is 0.173. The van der Waals surface area contributed by atoms with Crippen LogP contribution in [0.1, 0.15) is 10.5 Å². The van der Waals surface area contributed by atoms with Crippen LogP contribution in [0.25, 0.3) is 0 Å². The van der Waals surface area contributed by atoms with Crippen molar-refractivity contribution in [3.8, 4) is 0 Å². The Hall–Kier alpha value is -1.58. The van der Waals surface area contributed by atoms with Gasteiger partial charge in [-0.05, 0) is 12.1 Å². The molecule has 0 atom stereocenters. The summed E-state index contributed by atoms with van der Waals surface area (Å²) in [5.41, 5.74) is 6.27. The molecule has 4 heteroatoms. The predicted molar refractivity (Wildman–Crippen MR) is 46.7 cm³/mol. The van der Waals surface area contributed by atoms with Gasteiger partial charge in [0.25, 0.3) is 5.91 Å². The van der Waals surface area contributed by atoms with Crippen LogP contribution in [-0.2, 0) is 0 Å². The van der Waals surface area contributed by atoms with Crippen molar-refractivity contribution in [2.75, 3.05) is 19.8 Å². The molecule has 12 heavy (non-hydrogen) atoms. The molecular weight excluding hydrogens is 154 g/mol. The van der Waals surface area contributed by atoms with E-state index in [1.165, 1.54) is 4.90 Å². The van der Waals surface area contributed by atoms with E-state index in [0.29, 0.717) is 11.4 Å². The van der Waals surface area contributed by atoms with Gasteiger partial charge < -0.3 is 10.6 Å². The number of rotatable bonds is 1. The second kappa shape index (κ2) is 3.21. The number of pyridine rings is 1. The van der Waals surface area contributed by atoms with Crippen molar-refractivity contribution in [3.63, 3.8) is 0 Å². The fourth-order valence-corrected chi connectivity index (χ4v) is 0.808. The van der Waals surface area contributed by atoms with Crippen molar-refractivity contribution in [2.24, 2.45) is 0 Å². The lowest BCUT2D eigenvalue weighted by Gasteiger charge is -2.10. The van der Waals surface area contributed by atoms with Crippen LogP contribution in [0.4, 0.5) is 5.69 Å². The van der Waals surface area contributed by atoms with Crippen LogP contribution in [0.5, 0.6) is 0 Å². The van der Waals surface area contributed by atoms with Gasteiger partial charge in [-0.1, -0.05) is 0 Å². The lowest BCUT2D eigenvalue weighted by molar-refractivity contribution is 0.0823. The van der Waals surface area contributed by atoms with Gasteiger partial charge in [0.2, 0.25) is 0 Å². The fraction of sp³-hybridized carbons (Fsp3) is 0.250. The van der Waals surface area contributed by atoms with Gasteiger partial charge in [-0.25, -0.2) is 4.98 Å². The maximum Gasteiger partial charge on any atom is 0.274 e. The second-order valence-electron chi connectivity index (χ2n) is 2.64. The fourth-order valence-electron chi connectivity index (χ4n) is 0.808. The van der Waals surface area contributed by atoms with E-state index in [-0.39, 0.29) is 5.91 Å². The highest BCUT2D eigenvalue weighted by molar-refractivity contribution is 5.96. The molecule has 0 aromatic carbocycles. The molecule has 1 rings (SSSR count). The number of nitrogens with two attached hydrogens (primary N) is 1. The van der Waals surface area contributed by atoms with Crippen LogP contribution < -0.4 is 5.73 Å². The molecule has 0 spiro atoms. The smallest absolute Gasteiger partial charge is 0.274 e. The van der Waals surface area contributed by atoms with E-state index in [0.717, 1.165) is 0 Å². The zero-order valence-electron chi connectivity index (χ0n) is 7.11. The number of nitrogens with zero attached hydrogens (tertiary/aromatic N) is 2. The lowest BCUT2D eigenvalue weighted by Crippen LogP contribution is -2.23. The molecule has 0 bridgehead atoms. The molecule has 0 fully saturated rings. The van der Waals surface area contributed by atoms with E-state index >= 15 is 0 Å². The van der Waals surface area contributed by atoms with E-state index in [9.17, 15) is 4.79 Å². The maximum absolute atomic E-state index is 11.3. The Labute approximate surface area is 71.0 Å². The predicted octanol–water partition coefficient (Wildman–Crippen LogP) is 0.366. The zero-order valence-corrected chi connectivity index (χ0v) is 7.11. The largest absolute Gasteiger partial charge is 0.397 e. The second-order valence-corrected chi connectivity index (χ2v) is 2.64. The van der Waals surface area contributed by atoms with Gasteiger partial charge in [0.05, 0.1) is 5.69 Å². The zero-order chi connectivity index (χ0) is 9.14. The first-order valence-electron chi connectivity index (χ1n) is 3.55. The lowest BCUT2D eigenvalue weighted by atomic mass is 10.3. The number of carbonyl (C=O) groups is 1. The number of hydrogen-bond acceptors (Lipinski definition) is 3. The van der Waals surface area contributed by atoms with Crippen molar-refractivity contribution in [1.82, 2.24) is 9.88 Å².